The van der Waals surface area contributed by atoms with Crippen LogP contribution in [0.5, 0.6) is 5.75 Å². The molecule has 1 aliphatic heterocycles. The van der Waals surface area contributed by atoms with Gasteiger partial charge in [-0.3, -0.25) is 4.79 Å². The van der Waals surface area contributed by atoms with Gasteiger partial charge in [0.15, 0.2) is 0 Å². The molecule has 2 aromatic rings. The zero-order chi connectivity index (χ0) is 22.8. The summed E-state index contributed by atoms with van der Waals surface area (Å²) in [6.45, 7) is 1.29. The van der Waals surface area contributed by atoms with E-state index in [9.17, 15) is 18.3 Å². The van der Waals surface area contributed by atoms with Crippen molar-refractivity contribution in [3.8, 4) is 5.75 Å². The molecule has 4 rings (SSSR count). The lowest BCUT2D eigenvalue weighted by Crippen LogP contribution is -2.54. The summed E-state index contributed by atoms with van der Waals surface area (Å²) in [4.78, 5) is 15.0. The molecule has 8 heteroatoms. The van der Waals surface area contributed by atoms with Gasteiger partial charge in [0.05, 0.1) is 17.6 Å². The van der Waals surface area contributed by atoms with Crippen LogP contribution < -0.4 is 9.46 Å². The largest absolute Gasteiger partial charge is 0.497 e. The van der Waals surface area contributed by atoms with E-state index in [2.05, 4.69) is 4.72 Å². The number of benzene rings is 2. The minimum Gasteiger partial charge on any atom is -0.497 e. The number of nitrogens with one attached hydrogen (secondary N) is 1. The maximum Gasteiger partial charge on any atom is 0.253 e. The van der Waals surface area contributed by atoms with Gasteiger partial charge in [-0.2, -0.15) is 0 Å². The van der Waals surface area contributed by atoms with E-state index in [4.69, 9.17) is 4.74 Å². The lowest BCUT2D eigenvalue weighted by Gasteiger charge is -2.47. The minimum atomic E-state index is -3.65. The number of carbonyl (C=O) groups is 1. The van der Waals surface area contributed by atoms with Crippen LogP contribution in [-0.4, -0.2) is 50.1 Å². The number of amides is 1. The fraction of sp³-hybridized carbons (Fsp3) is 0.458. The average Bonchev–Trinajstić information content (AvgIpc) is 2.82. The molecule has 2 fully saturated rings. The van der Waals surface area contributed by atoms with Crippen LogP contribution in [-0.2, 0) is 16.6 Å². The molecule has 1 heterocycles. The molecule has 2 aliphatic rings. The molecule has 0 spiro atoms. The third-order valence-electron chi connectivity index (χ3n) is 6.75. The fourth-order valence-corrected chi connectivity index (χ4v) is 5.74. The molecule has 32 heavy (non-hydrogen) atoms. The molecule has 7 nitrogen and oxygen atoms in total. The highest BCUT2D eigenvalue weighted by Crippen LogP contribution is 2.40. The Hall–Kier alpha value is -2.42. The molecule has 0 bridgehead atoms. The Labute approximate surface area is 189 Å². The van der Waals surface area contributed by atoms with Gasteiger partial charge in [0.25, 0.3) is 5.91 Å². The molecule has 2 aromatic carbocycles. The zero-order valence-corrected chi connectivity index (χ0v) is 19.1. The number of piperidine rings is 1. The number of ether oxygens (including phenoxy) is 1. The summed E-state index contributed by atoms with van der Waals surface area (Å²) in [6, 6.07) is 13.2. The molecule has 1 aliphatic carbocycles. The van der Waals surface area contributed by atoms with Gasteiger partial charge in [-0.15, -0.1) is 0 Å². The summed E-state index contributed by atoms with van der Waals surface area (Å²) in [5.41, 5.74) is 0.729. The Kier molecular flexibility index (Phi) is 6.55. The zero-order valence-electron chi connectivity index (χ0n) is 18.3. The van der Waals surface area contributed by atoms with E-state index >= 15 is 0 Å². The van der Waals surface area contributed by atoms with Gasteiger partial charge in [-0.1, -0.05) is 25.0 Å². The first kappa shape index (κ1) is 22.8. The van der Waals surface area contributed by atoms with Gasteiger partial charge in [-0.05, 0) is 61.2 Å². The number of hydrogen-bond donors (Lipinski definition) is 2. The van der Waals surface area contributed by atoms with Crippen molar-refractivity contribution >= 4 is 15.9 Å². The van der Waals surface area contributed by atoms with E-state index in [1.807, 2.05) is 4.90 Å². The Balaban J connectivity index is 1.36. The van der Waals surface area contributed by atoms with E-state index in [-0.39, 0.29) is 23.3 Å². The highest BCUT2D eigenvalue weighted by atomic mass is 32.2. The van der Waals surface area contributed by atoms with Crippen LogP contribution in [0, 0.1) is 5.92 Å². The number of likely N-dealkylation sites (tertiary alicyclic amines) is 1. The summed E-state index contributed by atoms with van der Waals surface area (Å²) >= 11 is 0. The molecule has 172 valence electrons. The number of methoxy groups -OCH3 is 1. The van der Waals surface area contributed by atoms with Crippen molar-refractivity contribution < 1.29 is 23.1 Å². The van der Waals surface area contributed by atoms with E-state index < -0.39 is 15.6 Å². The number of sulfonamides is 1. The summed E-state index contributed by atoms with van der Waals surface area (Å²) in [6.07, 6.45) is 4.60. The molecule has 0 radical (unpaired) electrons. The summed E-state index contributed by atoms with van der Waals surface area (Å²) in [5.74, 6) is 0.703. The molecule has 2 atom stereocenters. The molecule has 1 saturated heterocycles. The van der Waals surface area contributed by atoms with Gasteiger partial charge >= 0.3 is 0 Å². The second-order valence-electron chi connectivity index (χ2n) is 8.74. The number of carbonyl (C=O) groups excluding carboxylic acids is 1. The highest BCUT2D eigenvalue weighted by molar-refractivity contribution is 7.89. The highest BCUT2D eigenvalue weighted by Gasteiger charge is 2.43. The van der Waals surface area contributed by atoms with E-state index in [0.29, 0.717) is 30.8 Å². The number of rotatable bonds is 6. The third-order valence-corrected chi connectivity index (χ3v) is 8.17. The lowest BCUT2D eigenvalue weighted by molar-refractivity contribution is -0.0886. The number of aliphatic hydroxyl groups is 1. The van der Waals surface area contributed by atoms with Gasteiger partial charge in [0.2, 0.25) is 10.0 Å². The van der Waals surface area contributed by atoms with Crippen molar-refractivity contribution in [2.75, 3.05) is 20.2 Å². The standard InChI is InChI=1S/C24H30N2O5S/c1-31-21-9-11-22(12-10-21)32(29,30)25-16-18-5-7-19(8-6-18)23(27)26-15-14-24(28)13-3-2-4-20(24)17-26/h5-12,20,25,28H,2-4,13-17H2,1H3/t20-,24-/m0/s1. The number of hydrogen-bond acceptors (Lipinski definition) is 5. The van der Waals surface area contributed by atoms with Crippen LogP contribution in [0.1, 0.15) is 48.0 Å². The van der Waals surface area contributed by atoms with Crippen molar-refractivity contribution in [1.29, 1.82) is 0 Å². The van der Waals surface area contributed by atoms with Crippen molar-refractivity contribution in [2.45, 2.75) is 49.1 Å². The Morgan fingerprint density at radius 2 is 1.84 bits per heavy atom. The summed E-state index contributed by atoms with van der Waals surface area (Å²) in [7, 11) is -2.12. The maximum atomic E-state index is 13.0. The van der Waals surface area contributed by atoms with E-state index in [1.165, 1.54) is 19.2 Å². The van der Waals surface area contributed by atoms with Gasteiger partial charge in [0, 0.05) is 31.1 Å². The van der Waals surface area contributed by atoms with Crippen LogP contribution in [0.2, 0.25) is 0 Å². The number of fused-ring (bicyclic) bond motifs is 1. The maximum absolute atomic E-state index is 13.0. The molecule has 0 aromatic heterocycles. The van der Waals surface area contributed by atoms with Gasteiger partial charge in [0.1, 0.15) is 5.75 Å². The first-order valence-electron chi connectivity index (χ1n) is 11.0. The first-order valence-corrected chi connectivity index (χ1v) is 12.5. The fourth-order valence-electron chi connectivity index (χ4n) is 4.72. The van der Waals surface area contributed by atoms with Crippen molar-refractivity contribution in [3.63, 3.8) is 0 Å². The molecule has 1 saturated carbocycles. The topological polar surface area (TPSA) is 95.9 Å². The van der Waals surface area contributed by atoms with Crippen LogP contribution >= 0.6 is 0 Å². The average molecular weight is 459 g/mol. The first-order chi connectivity index (χ1) is 15.3. The Bertz CT molecular complexity index is 1050. The van der Waals surface area contributed by atoms with Crippen molar-refractivity contribution in [1.82, 2.24) is 9.62 Å². The second-order valence-corrected chi connectivity index (χ2v) is 10.5. The molecule has 2 N–H and O–H groups in total. The van der Waals surface area contributed by atoms with Crippen LogP contribution in [0.25, 0.3) is 0 Å². The Morgan fingerprint density at radius 1 is 1.12 bits per heavy atom. The molecular weight excluding hydrogens is 428 g/mol. The number of nitrogens with zero attached hydrogens (tertiary/aromatic N) is 1. The molecule has 1 amide bonds. The van der Waals surface area contributed by atoms with E-state index in [1.54, 1.807) is 36.4 Å². The normalized spacial score (nSPS) is 23.4. The minimum absolute atomic E-state index is 0.0389. The smallest absolute Gasteiger partial charge is 0.253 e. The van der Waals surface area contributed by atoms with Crippen molar-refractivity contribution in [2.24, 2.45) is 5.92 Å². The second kappa shape index (κ2) is 9.21. The van der Waals surface area contributed by atoms with Gasteiger partial charge < -0.3 is 14.7 Å². The molecular formula is C24H30N2O5S. The van der Waals surface area contributed by atoms with Crippen molar-refractivity contribution in [3.05, 3.63) is 59.7 Å². The van der Waals surface area contributed by atoms with E-state index in [0.717, 1.165) is 31.2 Å². The summed E-state index contributed by atoms with van der Waals surface area (Å²) < 4.78 is 32.6. The van der Waals surface area contributed by atoms with Crippen LogP contribution in [0.3, 0.4) is 0 Å². The Morgan fingerprint density at radius 3 is 2.53 bits per heavy atom. The van der Waals surface area contributed by atoms with Crippen LogP contribution in [0.4, 0.5) is 0 Å². The monoisotopic (exact) mass is 458 g/mol. The molecule has 0 unspecified atom stereocenters. The van der Waals surface area contributed by atoms with Crippen LogP contribution in [0.15, 0.2) is 53.4 Å². The predicted octanol–water partition coefficient (Wildman–Crippen LogP) is 2.94. The van der Waals surface area contributed by atoms with Gasteiger partial charge in [-0.25, -0.2) is 13.1 Å². The summed E-state index contributed by atoms with van der Waals surface area (Å²) in [5, 5.41) is 10.8. The quantitative estimate of drug-likeness (QED) is 0.694. The third kappa shape index (κ3) is 4.82. The predicted molar refractivity (Wildman–Crippen MR) is 121 cm³/mol. The SMILES string of the molecule is COc1ccc(S(=O)(=O)NCc2ccc(C(=O)N3CC[C@@]4(O)CCCC[C@H]4C3)cc2)cc1. The lowest BCUT2D eigenvalue weighted by atomic mass is 9.71.